The van der Waals surface area contributed by atoms with E-state index >= 15 is 0 Å². The Bertz CT molecular complexity index is 616. The largest absolute Gasteiger partial charge is 0.467 e. The van der Waals surface area contributed by atoms with E-state index in [1.54, 1.807) is 0 Å². The van der Waals surface area contributed by atoms with Gasteiger partial charge in [-0.2, -0.15) is 0 Å². The molecular weight excluding hydrogens is 244 g/mol. The third kappa shape index (κ3) is 2.28. The van der Waals surface area contributed by atoms with Crippen molar-refractivity contribution in [3.8, 4) is 0 Å². The van der Waals surface area contributed by atoms with Crippen LogP contribution in [0.4, 0.5) is 5.69 Å². The Balaban J connectivity index is 2.40. The maximum Gasteiger partial charge on any atom is 0.331 e. The highest BCUT2D eigenvalue weighted by Crippen LogP contribution is 2.27. The number of oxazole rings is 1. The predicted molar refractivity (Wildman–Crippen MR) is 73.2 cm³/mol. The molecule has 0 fully saturated rings. The summed E-state index contributed by atoms with van der Waals surface area (Å²) in [4.78, 5) is 18.0. The number of rotatable bonds is 3. The molecule has 5 nitrogen and oxygen atoms in total. The number of aromatic nitrogens is 1. The zero-order chi connectivity index (χ0) is 14.2. The Morgan fingerprint density at radius 2 is 2.11 bits per heavy atom. The van der Waals surface area contributed by atoms with Gasteiger partial charge in [-0.15, -0.1) is 0 Å². The summed E-state index contributed by atoms with van der Waals surface area (Å²) in [6, 6.07) is 5.66. The van der Waals surface area contributed by atoms with Gasteiger partial charge in [0.15, 0.2) is 11.5 Å². The molecule has 0 aliphatic carbocycles. The quantitative estimate of drug-likeness (QED) is 0.795. The fraction of sp³-hybridized carbons (Fsp3) is 0.429. The number of esters is 1. The second-order valence-electron chi connectivity index (χ2n) is 4.99. The Morgan fingerprint density at radius 1 is 1.42 bits per heavy atom. The lowest BCUT2D eigenvalue weighted by molar-refractivity contribution is -0.145. The lowest BCUT2D eigenvalue weighted by Crippen LogP contribution is -2.48. The number of likely N-dealkylation sites (N-methyl/N-ethyl adjacent to an activating group) is 1. The number of hydrogen-bond donors (Lipinski definition) is 0. The topological polar surface area (TPSA) is 55.6 Å². The van der Waals surface area contributed by atoms with Gasteiger partial charge in [0.2, 0.25) is 0 Å². The van der Waals surface area contributed by atoms with Gasteiger partial charge in [-0.05, 0) is 32.0 Å². The molecule has 5 heteroatoms. The summed E-state index contributed by atoms with van der Waals surface area (Å²) in [5.41, 5.74) is 1.66. The lowest BCUT2D eigenvalue weighted by atomic mass is 10.0. The summed E-state index contributed by atoms with van der Waals surface area (Å²) in [7, 11) is 3.24. The van der Waals surface area contributed by atoms with Crippen LogP contribution < -0.4 is 4.90 Å². The molecule has 2 rings (SSSR count). The first kappa shape index (κ1) is 13.4. The average Bonchev–Trinajstić information content (AvgIpc) is 2.75. The third-order valence-corrected chi connectivity index (χ3v) is 3.39. The molecule has 19 heavy (non-hydrogen) atoms. The number of anilines is 1. The molecule has 1 heterocycles. The smallest absolute Gasteiger partial charge is 0.331 e. The van der Waals surface area contributed by atoms with Crippen molar-refractivity contribution in [3.63, 3.8) is 0 Å². The first-order valence-electron chi connectivity index (χ1n) is 6.05. The van der Waals surface area contributed by atoms with Crippen molar-refractivity contribution < 1.29 is 13.9 Å². The minimum atomic E-state index is -0.749. The molecule has 0 N–H and O–H groups in total. The van der Waals surface area contributed by atoms with Crippen molar-refractivity contribution >= 4 is 22.8 Å². The first-order valence-corrected chi connectivity index (χ1v) is 6.05. The van der Waals surface area contributed by atoms with E-state index in [1.165, 1.54) is 7.11 Å². The highest BCUT2D eigenvalue weighted by Gasteiger charge is 2.33. The number of benzene rings is 1. The van der Waals surface area contributed by atoms with Gasteiger partial charge in [-0.3, -0.25) is 0 Å². The van der Waals surface area contributed by atoms with Crippen LogP contribution in [0.2, 0.25) is 0 Å². The molecule has 0 atom stereocenters. The standard InChI is InChI=1S/C14H18N2O3/c1-9-15-11-8-10(6-7-12(11)19-9)16(4)14(2,3)13(17)18-5/h6-8H,1-5H3. The van der Waals surface area contributed by atoms with Gasteiger partial charge < -0.3 is 14.1 Å². The van der Waals surface area contributed by atoms with E-state index in [0.29, 0.717) is 5.89 Å². The van der Waals surface area contributed by atoms with Crippen molar-refractivity contribution in [2.75, 3.05) is 19.1 Å². The Morgan fingerprint density at radius 3 is 2.74 bits per heavy atom. The molecule has 1 aromatic carbocycles. The number of carbonyl (C=O) groups excluding carboxylic acids is 1. The van der Waals surface area contributed by atoms with Gasteiger partial charge >= 0.3 is 5.97 Å². The number of aryl methyl sites for hydroxylation is 1. The fourth-order valence-corrected chi connectivity index (χ4v) is 1.95. The SMILES string of the molecule is COC(=O)C(C)(C)N(C)c1ccc2oc(C)nc2c1. The highest BCUT2D eigenvalue weighted by molar-refractivity contribution is 5.86. The van der Waals surface area contributed by atoms with E-state index in [0.717, 1.165) is 16.8 Å². The van der Waals surface area contributed by atoms with Crippen LogP contribution in [0.5, 0.6) is 0 Å². The third-order valence-electron chi connectivity index (χ3n) is 3.39. The summed E-state index contributed by atoms with van der Waals surface area (Å²) in [5.74, 6) is 0.341. The molecule has 0 amide bonds. The predicted octanol–water partition coefficient (Wildman–Crippen LogP) is 2.52. The molecule has 1 aromatic heterocycles. The number of fused-ring (bicyclic) bond motifs is 1. The molecule has 0 bridgehead atoms. The van der Waals surface area contributed by atoms with Gasteiger partial charge in [0.1, 0.15) is 11.1 Å². The van der Waals surface area contributed by atoms with Gasteiger partial charge in [0, 0.05) is 19.7 Å². The Hall–Kier alpha value is -2.04. The molecule has 0 aliphatic rings. The van der Waals surface area contributed by atoms with Crippen molar-refractivity contribution in [2.24, 2.45) is 0 Å². The Labute approximate surface area is 112 Å². The molecule has 2 aromatic rings. The van der Waals surface area contributed by atoms with E-state index in [1.807, 2.05) is 50.9 Å². The fourth-order valence-electron chi connectivity index (χ4n) is 1.95. The van der Waals surface area contributed by atoms with E-state index in [-0.39, 0.29) is 5.97 Å². The lowest BCUT2D eigenvalue weighted by Gasteiger charge is -2.34. The number of methoxy groups -OCH3 is 1. The van der Waals surface area contributed by atoms with Crippen molar-refractivity contribution in [1.29, 1.82) is 0 Å². The van der Waals surface area contributed by atoms with Crippen LogP contribution in [0.1, 0.15) is 19.7 Å². The minimum absolute atomic E-state index is 0.286. The van der Waals surface area contributed by atoms with Gasteiger partial charge in [0.05, 0.1) is 7.11 Å². The minimum Gasteiger partial charge on any atom is -0.467 e. The summed E-state index contributed by atoms with van der Waals surface area (Å²) < 4.78 is 10.3. The zero-order valence-corrected chi connectivity index (χ0v) is 11.9. The van der Waals surface area contributed by atoms with Crippen LogP contribution >= 0.6 is 0 Å². The van der Waals surface area contributed by atoms with Crippen LogP contribution in [0.3, 0.4) is 0 Å². The normalized spacial score (nSPS) is 11.6. The number of hydrogen-bond acceptors (Lipinski definition) is 5. The monoisotopic (exact) mass is 262 g/mol. The van der Waals surface area contributed by atoms with Crippen molar-refractivity contribution in [2.45, 2.75) is 26.3 Å². The maximum absolute atomic E-state index is 11.8. The van der Waals surface area contributed by atoms with Gasteiger partial charge in [-0.1, -0.05) is 0 Å². The second-order valence-corrected chi connectivity index (χ2v) is 4.99. The number of carbonyl (C=O) groups is 1. The number of nitrogens with zero attached hydrogens (tertiary/aromatic N) is 2. The summed E-state index contributed by atoms with van der Waals surface area (Å²) in [6.45, 7) is 5.44. The molecule has 0 aliphatic heterocycles. The van der Waals surface area contributed by atoms with Crippen LogP contribution in [0, 0.1) is 6.92 Å². The highest BCUT2D eigenvalue weighted by atomic mass is 16.5. The zero-order valence-electron chi connectivity index (χ0n) is 11.9. The van der Waals surface area contributed by atoms with Crippen LogP contribution in [0.25, 0.3) is 11.1 Å². The van der Waals surface area contributed by atoms with Crippen LogP contribution in [-0.2, 0) is 9.53 Å². The van der Waals surface area contributed by atoms with Crippen LogP contribution in [0.15, 0.2) is 22.6 Å². The molecule has 0 saturated carbocycles. The van der Waals surface area contributed by atoms with Gasteiger partial charge in [0.25, 0.3) is 0 Å². The maximum atomic E-state index is 11.8. The summed E-state index contributed by atoms with van der Waals surface area (Å²) >= 11 is 0. The Kier molecular flexibility index (Phi) is 3.22. The van der Waals surface area contributed by atoms with Crippen LogP contribution in [-0.4, -0.2) is 30.6 Å². The molecular formula is C14H18N2O3. The van der Waals surface area contributed by atoms with Crippen molar-refractivity contribution in [3.05, 3.63) is 24.1 Å². The van der Waals surface area contributed by atoms with E-state index < -0.39 is 5.54 Å². The van der Waals surface area contributed by atoms with E-state index in [2.05, 4.69) is 4.98 Å². The molecule has 0 radical (unpaired) electrons. The first-order chi connectivity index (χ1) is 8.86. The molecule has 0 spiro atoms. The number of ether oxygens (including phenoxy) is 1. The van der Waals surface area contributed by atoms with E-state index in [9.17, 15) is 4.79 Å². The summed E-state index contributed by atoms with van der Waals surface area (Å²) in [6.07, 6.45) is 0. The molecule has 102 valence electrons. The van der Waals surface area contributed by atoms with Gasteiger partial charge in [-0.25, -0.2) is 9.78 Å². The van der Waals surface area contributed by atoms with Crippen molar-refractivity contribution in [1.82, 2.24) is 4.98 Å². The molecule has 0 unspecified atom stereocenters. The average molecular weight is 262 g/mol. The second kappa shape index (κ2) is 4.57. The molecule has 0 saturated heterocycles. The summed E-state index contributed by atoms with van der Waals surface area (Å²) in [5, 5.41) is 0. The van der Waals surface area contributed by atoms with E-state index in [4.69, 9.17) is 9.15 Å².